The van der Waals surface area contributed by atoms with Gasteiger partial charge in [-0.05, 0) is 81.3 Å². The Morgan fingerprint density at radius 3 is 1.30 bits per heavy atom. The second-order valence-corrected chi connectivity index (χ2v) is 12.2. The summed E-state index contributed by atoms with van der Waals surface area (Å²) in [4.78, 5) is 27.1. The van der Waals surface area contributed by atoms with Gasteiger partial charge >= 0.3 is 16.1 Å². The van der Waals surface area contributed by atoms with Crippen molar-refractivity contribution in [2.75, 3.05) is 13.6 Å². The Kier molecular flexibility index (Phi) is 11.4. The van der Waals surface area contributed by atoms with Crippen molar-refractivity contribution < 1.29 is 42.3 Å². The van der Waals surface area contributed by atoms with Crippen LogP contribution in [-0.4, -0.2) is 28.3 Å². The summed E-state index contributed by atoms with van der Waals surface area (Å²) in [5.41, 5.74) is 5.66. The Bertz CT molecular complexity index is 1080. The number of ether oxygens (including phenoxy) is 2. The summed E-state index contributed by atoms with van der Waals surface area (Å²) in [5, 5.41) is 0. The van der Waals surface area contributed by atoms with E-state index in [1.54, 1.807) is 0 Å². The van der Waals surface area contributed by atoms with Crippen molar-refractivity contribution in [2.24, 2.45) is 0 Å². The van der Waals surface area contributed by atoms with Gasteiger partial charge in [0.2, 0.25) is 0 Å². The van der Waals surface area contributed by atoms with Gasteiger partial charge in [-0.15, -0.1) is 0 Å². The van der Waals surface area contributed by atoms with Gasteiger partial charge in [0.15, 0.2) is 13.6 Å². The van der Waals surface area contributed by atoms with Crippen molar-refractivity contribution in [3.8, 4) is 22.6 Å². The molecule has 0 saturated heterocycles. The number of hydrogen-bond donors (Lipinski definition) is 3. The van der Waals surface area contributed by atoms with Gasteiger partial charge in [0.05, 0.1) is 0 Å². The van der Waals surface area contributed by atoms with Crippen molar-refractivity contribution in [3.63, 3.8) is 0 Å². The lowest BCUT2D eigenvalue weighted by molar-refractivity contribution is 0.0810. The largest absolute Gasteiger partial charge is 0.472 e. The van der Waals surface area contributed by atoms with E-state index in [0.717, 1.165) is 33.4 Å². The highest BCUT2D eigenvalue weighted by Crippen LogP contribution is 2.43. The van der Waals surface area contributed by atoms with E-state index in [0.29, 0.717) is 11.5 Å². The molecule has 0 bridgehead atoms. The number of hydrogen-bond acceptors (Lipinski definition) is 6. The zero-order chi connectivity index (χ0) is 28.1. The molecule has 37 heavy (non-hydrogen) atoms. The monoisotopic (exact) mass is 558 g/mol. The van der Waals surface area contributed by atoms with Crippen molar-refractivity contribution >= 4 is 16.1 Å². The van der Waals surface area contributed by atoms with Crippen molar-refractivity contribution in [2.45, 2.75) is 79.1 Å². The molecule has 0 aliphatic carbocycles. The van der Waals surface area contributed by atoms with E-state index in [9.17, 15) is 9.13 Å². The minimum absolute atomic E-state index is 0.0676. The molecule has 0 saturated carbocycles. The Morgan fingerprint density at radius 2 is 1.03 bits per heavy atom. The number of phosphoric acid groups is 1. The van der Waals surface area contributed by atoms with E-state index >= 15 is 0 Å². The number of rotatable bonds is 13. The zero-order valence-corrected chi connectivity index (χ0v) is 24.7. The fourth-order valence-corrected chi connectivity index (χ4v) is 4.37. The molecule has 11 heteroatoms. The van der Waals surface area contributed by atoms with Gasteiger partial charge in [-0.1, -0.05) is 55.4 Å². The average molecular weight is 559 g/mol. The Balaban J connectivity index is 2.69. The molecule has 1 unspecified atom stereocenters. The molecule has 0 aliphatic rings. The first-order valence-electron chi connectivity index (χ1n) is 12.3. The van der Waals surface area contributed by atoms with Crippen LogP contribution in [0.15, 0.2) is 24.3 Å². The van der Waals surface area contributed by atoms with Crippen molar-refractivity contribution in [3.05, 3.63) is 46.5 Å². The molecular weight excluding hydrogens is 518 g/mol. The lowest BCUT2D eigenvalue weighted by Crippen LogP contribution is -2.09. The third-order valence-corrected chi connectivity index (χ3v) is 6.73. The van der Waals surface area contributed by atoms with Crippen LogP contribution in [0.2, 0.25) is 0 Å². The molecule has 2 rings (SSSR count). The van der Waals surface area contributed by atoms with Crippen LogP contribution in [0.3, 0.4) is 0 Å². The highest BCUT2D eigenvalue weighted by Gasteiger charge is 2.23. The quantitative estimate of drug-likeness (QED) is 0.175. The minimum atomic E-state index is -4.66. The van der Waals surface area contributed by atoms with Crippen LogP contribution in [0.1, 0.15) is 101 Å². The summed E-state index contributed by atoms with van der Waals surface area (Å²) in [6.45, 7) is 15.5. The van der Waals surface area contributed by atoms with Gasteiger partial charge in [0, 0.05) is 0 Å². The maximum atomic E-state index is 11.1. The molecule has 0 fully saturated rings. The maximum absolute atomic E-state index is 11.1. The predicted octanol–water partition coefficient (Wildman–Crippen LogP) is 7.03. The molecule has 9 nitrogen and oxygen atoms in total. The van der Waals surface area contributed by atoms with Crippen molar-refractivity contribution in [1.29, 1.82) is 0 Å². The lowest BCUT2D eigenvalue weighted by atomic mass is 9.86. The predicted molar refractivity (Wildman–Crippen MR) is 145 cm³/mol. The molecular formula is C26H40O9P2. The molecule has 0 aliphatic heterocycles. The summed E-state index contributed by atoms with van der Waals surface area (Å²) in [6.07, 6.45) is 0. The molecule has 0 spiro atoms. The Hall–Kier alpha value is -1.70. The first-order valence-corrected chi connectivity index (χ1v) is 15.1. The molecule has 0 amide bonds. The second-order valence-electron chi connectivity index (χ2n) is 10.1. The van der Waals surface area contributed by atoms with E-state index in [1.807, 2.05) is 39.8 Å². The first-order chi connectivity index (χ1) is 17.1. The van der Waals surface area contributed by atoms with E-state index in [-0.39, 0.29) is 30.5 Å². The smallest absolute Gasteiger partial charge is 0.466 e. The molecule has 0 radical (unpaired) electrons. The van der Waals surface area contributed by atoms with Crippen molar-refractivity contribution in [1.82, 2.24) is 0 Å². The van der Waals surface area contributed by atoms with Gasteiger partial charge in [-0.25, -0.2) is 9.09 Å². The second kappa shape index (κ2) is 13.4. The molecule has 3 N–H and O–H groups in total. The normalized spacial score (nSPS) is 13.2. The fourth-order valence-electron chi connectivity index (χ4n) is 4.02. The Morgan fingerprint density at radius 1 is 0.703 bits per heavy atom. The third-order valence-electron chi connectivity index (χ3n) is 5.92. The molecule has 0 aromatic heterocycles. The summed E-state index contributed by atoms with van der Waals surface area (Å²) in [7, 11) is -7.77. The van der Waals surface area contributed by atoms with Crippen LogP contribution in [0, 0.1) is 0 Å². The fraction of sp³-hybridized carbons (Fsp3) is 0.538. The standard InChI is InChI=1S/C26H40O9P2/c1-15(2)21-9-19(10-22(16(3)4)25(21)32-13-34-36(27)28)20-11-23(17(5)6)26(24(12-20)18(7)8)33-14-35-37(29,30)31/h9-12,15-18,36H,13-14H2,1-8H3,(H,27,28)(H2,29,30,31). The van der Waals surface area contributed by atoms with Crippen LogP contribution in [0.25, 0.3) is 11.1 Å². The first kappa shape index (κ1) is 31.5. The minimum Gasteiger partial charge on any atom is -0.466 e. The highest BCUT2D eigenvalue weighted by atomic mass is 31.2. The van der Waals surface area contributed by atoms with Crippen LogP contribution in [0.5, 0.6) is 11.5 Å². The maximum Gasteiger partial charge on any atom is 0.472 e. The SMILES string of the molecule is CC(C)c1cc(-c2cc(C(C)C)c(OCOP(=O)(O)O)c(C(C)C)c2)cc(C(C)C)c1OCO[PH](=O)O. The number of benzene rings is 2. The van der Waals surface area contributed by atoms with Gasteiger partial charge in [-0.2, -0.15) is 0 Å². The van der Waals surface area contributed by atoms with Gasteiger partial charge in [0.25, 0.3) is 0 Å². The zero-order valence-electron chi connectivity index (χ0n) is 22.8. The van der Waals surface area contributed by atoms with Gasteiger partial charge in [-0.3, -0.25) is 9.09 Å². The average Bonchev–Trinajstić information content (AvgIpc) is 2.77. The van der Waals surface area contributed by atoms with Gasteiger partial charge in [0.1, 0.15) is 11.5 Å². The molecule has 2 aromatic carbocycles. The van der Waals surface area contributed by atoms with E-state index in [1.165, 1.54) is 0 Å². The van der Waals surface area contributed by atoms with E-state index < -0.39 is 22.9 Å². The van der Waals surface area contributed by atoms with Gasteiger partial charge < -0.3 is 24.2 Å². The topological polar surface area (TPSA) is 132 Å². The molecule has 208 valence electrons. The van der Waals surface area contributed by atoms with Crippen LogP contribution in [0.4, 0.5) is 0 Å². The van der Waals surface area contributed by atoms with E-state index in [2.05, 4.69) is 44.4 Å². The summed E-state index contributed by atoms with van der Waals surface area (Å²) >= 11 is 0. The van der Waals surface area contributed by atoms with Crippen LogP contribution in [-0.2, 0) is 18.2 Å². The summed E-state index contributed by atoms with van der Waals surface area (Å²) < 4.78 is 43.1. The van der Waals surface area contributed by atoms with Crippen LogP contribution >= 0.6 is 16.1 Å². The van der Waals surface area contributed by atoms with E-state index in [4.69, 9.17) is 28.7 Å². The molecule has 2 aromatic rings. The molecule has 0 heterocycles. The summed E-state index contributed by atoms with van der Waals surface area (Å²) in [5.74, 6) is 1.57. The Labute approximate surface area is 220 Å². The highest BCUT2D eigenvalue weighted by molar-refractivity contribution is 7.46. The lowest BCUT2D eigenvalue weighted by Gasteiger charge is -2.24. The third kappa shape index (κ3) is 8.93. The molecule has 1 atom stereocenters. The summed E-state index contributed by atoms with van der Waals surface area (Å²) in [6, 6.07) is 8.20. The van der Waals surface area contributed by atoms with Crippen LogP contribution < -0.4 is 9.47 Å². The number of phosphoric ester groups is 1.